The maximum atomic E-state index is 12.2. The molecule has 2 atom stereocenters. The summed E-state index contributed by atoms with van der Waals surface area (Å²) in [5, 5.41) is 18.8. The second-order valence-electron chi connectivity index (χ2n) is 5.55. The average Bonchev–Trinajstić information content (AvgIpc) is 2.79. The molecule has 0 aromatic heterocycles. The van der Waals surface area contributed by atoms with Crippen LogP contribution in [0.4, 0.5) is 0 Å². The molecule has 1 fully saturated rings. The quantitative estimate of drug-likeness (QED) is 0.759. The number of nitrogens with zero attached hydrogens (tertiary/aromatic N) is 1. The van der Waals surface area contributed by atoms with Gasteiger partial charge in [0.1, 0.15) is 0 Å². The Balaban J connectivity index is 1.89. The van der Waals surface area contributed by atoms with Crippen LogP contribution in [0.3, 0.4) is 0 Å². The summed E-state index contributed by atoms with van der Waals surface area (Å²) in [6.07, 6.45) is 9.01. The SMILES string of the molecule is C[C@H]1CCN(C(=O)CCC2=CC=CCC2)[C@@H]1C(O)O. The van der Waals surface area contributed by atoms with Crippen LogP contribution >= 0.6 is 0 Å². The van der Waals surface area contributed by atoms with Crippen LogP contribution in [-0.4, -0.2) is 39.9 Å². The summed E-state index contributed by atoms with van der Waals surface area (Å²) in [4.78, 5) is 13.9. The van der Waals surface area contributed by atoms with Crippen LogP contribution in [0.5, 0.6) is 0 Å². The van der Waals surface area contributed by atoms with Gasteiger partial charge < -0.3 is 15.1 Å². The van der Waals surface area contributed by atoms with Crippen molar-refractivity contribution >= 4 is 5.91 Å². The molecule has 0 bridgehead atoms. The second kappa shape index (κ2) is 6.35. The lowest BCUT2D eigenvalue weighted by Crippen LogP contribution is -2.45. The van der Waals surface area contributed by atoms with Gasteiger partial charge in [0.2, 0.25) is 5.91 Å². The fraction of sp³-hybridized carbons (Fsp3) is 0.667. The number of carbonyl (C=O) groups is 1. The molecule has 19 heavy (non-hydrogen) atoms. The third kappa shape index (κ3) is 3.45. The van der Waals surface area contributed by atoms with E-state index in [0.29, 0.717) is 13.0 Å². The van der Waals surface area contributed by atoms with Crippen molar-refractivity contribution in [2.45, 2.75) is 51.4 Å². The second-order valence-corrected chi connectivity index (χ2v) is 5.55. The van der Waals surface area contributed by atoms with Gasteiger partial charge in [-0.1, -0.05) is 30.7 Å². The summed E-state index contributed by atoms with van der Waals surface area (Å²) in [6, 6.07) is -0.437. The first-order valence-electron chi connectivity index (χ1n) is 7.10. The van der Waals surface area contributed by atoms with Crippen molar-refractivity contribution < 1.29 is 15.0 Å². The molecule has 1 aliphatic carbocycles. The Morgan fingerprint density at radius 3 is 2.95 bits per heavy atom. The zero-order valence-electron chi connectivity index (χ0n) is 11.5. The first-order chi connectivity index (χ1) is 9.09. The molecule has 2 aliphatic rings. The van der Waals surface area contributed by atoms with Crippen molar-refractivity contribution in [2.24, 2.45) is 5.92 Å². The van der Waals surface area contributed by atoms with Crippen molar-refractivity contribution in [3.05, 3.63) is 23.8 Å². The largest absolute Gasteiger partial charge is 0.366 e. The Kier molecular flexibility index (Phi) is 4.77. The molecule has 0 aromatic carbocycles. The Labute approximate surface area is 114 Å². The third-order valence-corrected chi connectivity index (χ3v) is 4.15. The molecule has 0 aromatic rings. The lowest BCUT2D eigenvalue weighted by Gasteiger charge is -2.28. The van der Waals surface area contributed by atoms with E-state index >= 15 is 0 Å². The minimum absolute atomic E-state index is 0.0397. The fourth-order valence-corrected chi connectivity index (χ4v) is 2.99. The number of rotatable bonds is 4. The van der Waals surface area contributed by atoms with Crippen molar-refractivity contribution in [3.63, 3.8) is 0 Å². The number of aliphatic hydroxyl groups excluding tert-OH is 1. The number of amides is 1. The maximum absolute atomic E-state index is 12.2. The van der Waals surface area contributed by atoms with Gasteiger partial charge in [-0.25, -0.2) is 0 Å². The van der Waals surface area contributed by atoms with E-state index in [1.165, 1.54) is 5.57 Å². The Bertz CT molecular complexity index is 387. The number of hydrogen-bond acceptors (Lipinski definition) is 3. The van der Waals surface area contributed by atoms with Crippen molar-refractivity contribution in [1.29, 1.82) is 0 Å². The van der Waals surface area contributed by atoms with Gasteiger partial charge in [0.25, 0.3) is 0 Å². The Hall–Kier alpha value is -1.13. The summed E-state index contributed by atoms with van der Waals surface area (Å²) in [5.41, 5.74) is 1.31. The third-order valence-electron chi connectivity index (χ3n) is 4.15. The zero-order chi connectivity index (χ0) is 13.8. The lowest BCUT2D eigenvalue weighted by molar-refractivity contribution is -0.145. The van der Waals surface area contributed by atoms with E-state index in [1.807, 2.05) is 13.0 Å². The van der Waals surface area contributed by atoms with E-state index < -0.39 is 12.3 Å². The lowest BCUT2D eigenvalue weighted by atomic mass is 9.99. The average molecular weight is 265 g/mol. The Morgan fingerprint density at radius 1 is 1.53 bits per heavy atom. The van der Waals surface area contributed by atoms with E-state index in [4.69, 9.17) is 0 Å². The van der Waals surface area contributed by atoms with Crippen LogP contribution in [0, 0.1) is 5.92 Å². The van der Waals surface area contributed by atoms with E-state index in [0.717, 1.165) is 25.7 Å². The molecule has 2 N–H and O–H groups in total. The van der Waals surface area contributed by atoms with E-state index in [1.54, 1.807) is 4.90 Å². The highest BCUT2D eigenvalue weighted by Crippen LogP contribution is 2.27. The van der Waals surface area contributed by atoms with Crippen LogP contribution < -0.4 is 0 Å². The van der Waals surface area contributed by atoms with Crippen molar-refractivity contribution in [1.82, 2.24) is 4.90 Å². The standard InChI is InChI=1S/C15H23NO3/c1-11-9-10-16(14(11)15(18)19)13(17)8-7-12-5-3-2-4-6-12/h2-3,5,11,14-15,18-19H,4,6-10H2,1H3/t11-,14-/m0/s1. The summed E-state index contributed by atoms with van der Waals surface area (Å²) in [7, 11) is 0. The van der Waals surface area contributed by atoms with Crippen LogP contribution in [0.15, 0.2) is 23.8 Å². The van der Waals surface area contributed by atoms with Crippen molar-refractivity contribution in [2.75, 3.05) is 6.54 Å². The monoisotopic (exact) mass is 265 g/mol. The van der Waals surface area contributed by atoms with Gasteiger partial charge in [-0.3, -0.25) is 4.79 Å². The molecule has 1 amide bonds. The topological polar surface area (TPSA) is 60.8 Å². The highest BCUT2D eigenvalue weighted by Gasteiger charge is 2.38. The molecule has 1 aliphatic heterocycles. The molecule has 0 radical (unpaired) electrons. The summed E-state index contributed by atoms with van der Waals surface area (Å²) in [6.45, 7) is 2.60. The molecule has 106 valence electrons. The number of likely N-dealkylation sites (tertiary alicyclic amines) is 1. The normalized spacial score (nSPS) is 26.9. The zero-order valence-corrected chi connectivity index (χ0v) is 11.5. The molecule has 1 saturated heterocycles. The minimum atomic E-state index is -1.43. The highest BCUT2D eigenvalue weighted by molar-refractivity contribution is 5.77. The molecular weight excluding hydrogens is 242 g/mol. The van der Waals surface area contributed by atoms with Gasteiger partial charge >= 0.3 is 0 Å². The summed E-state index contributed by atoms with van der Waals surface area (Å²) >= 11 is 0. The summed E-state index contributed by atoms with van der Waals surface area (Å²) in [5.74, 6) is 0.193. The first-order valence-corrected chi connectivity index (χ1v) is 7.10. The molecule has 0 spiro atoms. The predicted octanol–water partition coefficient (Wildman–Crippen LogP) is 1.59. The fourth-order valence-electron chi connectivity index (χ4n) is 2.99. The van der Waals surface area contributed by atoms with Gasteiger partial charge in [0.05, 0.1) is 6.04 Å². The number of allylic oxidation sites excluding steroid dienone is 4. The van der Waals surface area contributed by atoms with Gasteiger partial charge in [-0.15, -0.1) is 0 Å². The molecule has 0 unspecified atom stereocenters. The smallest absolute Gasteiger partial charge is 0.223 e. The molecule has 0 saturated carbocycles. The number of hydrogen-bond donors (Lipinski definition) is 2. The van der Waals surface area contributed by atoms with Gasteiger partial charge in [0.15, 0.2) is 6.29 Å². The van der Waals surface area contributed by atoms with Gasteiger partial charge in [-0.2, -0.15) is 0 Å². The van der Waals surface area contributed by atoms with Crippen LogP contribution in [0.1, 0.15) is 39.0 Å². The van der Waals surface area contributed by atoms with Crippen molar-refractivity contribution in [3.8, 4) is 0 Å². The van der Waals surface area contributed by atoms with Gasteiger partial charge in [0, 0.05) is 13.0 Å². The van der Waals surface area contributed by atoms with Crippen LogP contribution in [-0.2, 0) is 4.79 Å². The van der Waals surface area contributed by atoms with E-state index in [2.05, 4.69) is 12.2 Å². The van der Waals surface area contributed by atoms with Gasteiger partial charge in [-0.05, 0) is 31.6 Å². The molecule has 1 heterocycles. The van der Waals surface area contributed by atoms with E-state index in [-0.39, 0.29) is 11.8 Å². The minimum Gasteiger partial charge on any atom is -0.366 e. The molecule has 4 nitrogen and oxygen atoms in total. The summed E-state index contributed by atoms with van der Waals surface area (Å²) < 4.78 is 0. The van der Waals surface area contributed by atoms with E-state index in [9.17, 15) is 15.0 Å². The number of aliphatic hydroxyl groups is 2. The first kappa shape index (κ1) is 14.3. The molecule has 4 heteroatoms. The number of carbonyl (C=O) groups excluding carboxylic acids is 1. The maximum Gasteiger partial charge on any atom is 0.223 e. The highest BCUT2D eigenvalue weighted by atomic mass is 16.5. The van der Waals surface area contributed by atoms with Crippen LogP contribution in [0.2, 0.25) is 0 Å². The molecule has 2 rings (SSSR count). The predicted molar refractivity (Wildman–Crippen MR) is 73.2 cm³/mol. The Morgan fingerprint density at radius 2 is 2.32 bits per heavy atom. The van der Waals surface area contributed by atoms with Crippen LogP contribution in [0.25, 0.3) is 0 Å². The molecular formula is C15H23NO3.